The predicted molar refractivity (Wildman–Crippen MR) is 89.3 cm³/mol. The molecule has 1 saturated heterocycles. The van der Waals surface area contributed by atoms with Crippen molar-refractivity contribution in [2.45, 2.75) is 25.4 Å². The van der Waals surface area contributed by atoms with Crippen molar-refractivity contribution in [2.24, 2.45) is 5.73 Å². The lowest BCUT2D eigenvalue weighted by molar-refractivity contribution is -0.127. The molecule has 1 heterocycles. The van der Waals surface area contributed by atoms with Crippen molar-refractivity contribution in [3.05, 3.63) is 18.2 Å². The number of benzene rings is 1. The number of nitrogens with one attached hydrogen (secondary N) is 1. The third-order valence-electron chi connectivity index (χ3n) is 3.58. The van der Waals surface area contributed by atoms with E-state index in [4.69, 9.17) is 15.2 Å². The summed E-state index contributed by atoms with van der Waals surface area (Å²) in [5.41, 5.74) is 6.19. The molecule has 128 valence electrons. The molecule has 1 aliphatic heterocycles. The molecule has 2 rings (SSSR count). The average molecular weight is 344 g/mol. The Morgan fingerprint density at radius 2 is 1.87 bits per heavy atom. The third kappa shape index (κ3) is 4.27. The van der Waals surface area contributed by atoms with E-state index >= 15 is 0 Å². The molecule has 1 aromatic carbocycles. The molecule has 1 unspecified atom stereocenters. The Labute approximate surface area is 141 Å². The molecule has 7 nitrogen and oxygen atoms in total. The van der Waals surface area contributed by atoms with Crippen LogP contribution in [0, 0.1) is 0 Å². The summed E-state index contributed by atoms with van der Waals surface area (Å²) in [4.78, 5) is 25.7. The van der Waals surface area contributed by atoms with Gasteiger partial charge >= 0.3 is 0 Å². The Kier molecular flexibility index (Phi) is 6.65. The molecule has 8 heteroatoms. The van der Waals surface area contributed by atoms with Gasteiger partial charge in [-0.05, 0) is 13.3 Å². The molecule has 0 aromatic heterocycles. The number of anilines is 1. The first-order valence-electron chi connectivity index (χ1n) is 7.06. The molecule has 23 heavy (non-hydrogen) atoms. The number of carbonyl (C=O) groups is 2. The summed E-state index contributed by atoms with van der Waals surface area (Å²) in [6.45, 7) is 2.10. The van der Waals surface area contributed by atoms with E-state index in [-0.39, 0.29) is 24.2 Å². The lowest BCUT2D eigenvalue weighted by Crippen LogP contribution is -2.47. The Morgan fingerprint density at radius 1 is 1.30 bits per heavy atom. The molecule has 0 bridgehead atoms. The van der Waals surface area contributed by atoms with Crippen LogP contribution in [0.3, 0.4) is 0 Å². The van der Waals surface area contributed by atoms with Gasteiger partial charge in [-0.2, -0.15) is 0 Å². The van der Waals surface area contributed by atoms with Crippen LogP contribution in [-0.2, 0) is 9.59 Å². The number of hydrogen-bond donors (Lipinski definition) is 2. The van der Waals surface area contributed by atoms with Gasteiger partial charge in [-0.15, -0.1) is 12.4 Å². The highest BCUT2D eigenvalue weighted by molar-refractivity contribution is 6.02. The first-order valence-corrected chi connectivity index (χ1v) is 7.06. The summed E-state index contributed by atoms with van der Waals surface area (Å²) >= 11 is 0. The standard InChI is InChI=1S/C15H21N3O4.ClH/c1-9(16)14(19)17-13-4-5-18(15(13)20)10-6-11(21-2)8-12(7-10)22-3;/h6-9,13H,4-5,16H2,1-3H3,(H,17,19);1H/t9-,13?;/m1./s1. The minimum Gasteiger partial charge on any atom is -0.497 e. The summed E-state index contributed by atoms with van der Waals surface area (Å²) in [7, 11) is 3.10. The lowest BCUT2D eigenvalue weighted by atomic mass is 10.2. The van der Waals surface area contributed by atoms with Crippen LogP contribution in [0.15, 0.2) is 18.2 Å². The zero-order chi connectivity index (χ0) is 16.3. The number of carbonyl (C=O) groups excluding carboxylic acids is 2. The smallest absolute Gasteiger partial charge is 0.249 e. The van der Waals surface area contributed by atoms with Crippen molar-refractivity contribution in [3.63, 3.8) is 0 Å². The van der Waals surface area contributed by atoms with E-state index in [0.717, 1.165) is 0 Å². The van der Waals surface area contributed by atoms with Crippen molar-refractivity contribution in [3.8, 4) is 11.5 Å². The van der Waals surface area contributed by atoms with Crippen LogP contribution < -0.4 is 25.4 Å². The van der Waals surface area contributed by atoms with Crippen molar-refractivity contribution >= 4 is 29.9 Å². The second-order valence-corrected chi connectivity index (χ2v) is 5.20. The summed E-state index contributed by atoms with van der Waals surface area (Å²) in [5, 5.41) is 2.67. The van der Waals surface area contributed by atoms with E-state index in [1.54, 1.807) is 44.2 Å². The first-order chi connectivity index (χ1) is 10.5. The maximum absolute atomic E-state index is 12.5. The van der Waals surface area contributed by atoms with E-state index < -0.39 is 12.1 Å². The largest absolute Gasteiger partial charge is 0.497 e. The van der Waals surface area contributed by atoms with Gasteiger partial charge < -0.3 is 25.4 Å². The molecular weight excluding hydrogens is 322 g/mol. The van der Waals surface area contributed by atoms with Gasteiger partial charge in [0.15, 0.2) is 0 Å². The highest BCUT2D eigenvalue weighted by atomic mass is 35.5. The number of nitrogens with zero attached hydrogens (tertiary/aromatic N) is 1. The van der Waals surface area contributed by atoms with Crippen LogP contribution in [0.4, 0.5) is 5.69 Å². The Bertz CT molecular complexity index is 558. The maximum Gasteiger partial charge on any atom is 0.249 e. The fraction of sp³-hybridized carbons (Fsp3) is 0.467. The summed E-state index contributed by atoms with van der Waals surface area (Å²) < 4.78 is 10.4. The van der Waals surface area contributed by atoms with Gasteiger partial charge in [-0.25, -0.2) is 0 Å². The Morgan fingerprint density at radius 3 is 2.35 bits per heavy atom. The van der Waals surface area contributed by atoms with Gasteiger partial charge in [0.1, 0.15) is 17.5 Å². The van der Waals surface area contributed by atoms with Gasteiger partial charge in [0.2, 0.25) is 11.8 Å². The normalized spacial score (nSPS) is 18.2. The van der Waals surface area contributed by atoms with E-state index in [1.165, 1.54) is 0 Å². The van der Waals surface area contributed by atoms with Crippen LogP contribution >= 0.6 is 12.4 Å². The molecule has 1 fully saturated rings. The van der Waals surface area contributed by atoms with Crippen LogP contribution in [-0.4, -0.2) is 44.7 Å². The van der Waals surface area contributed by atoms with Gasteiger partial charge in [-0.1, -0.05) is 0 Å². The maximum atomic E-state index is 12.5. The van der Waals surface area contributed by atoms with Gasteiger partial charge in [0.25, 0.3) is 0 Å². The van der Waals surface area contributed by atoms with Gasteiger partial charge in [0.05, 0.1) is 25.9 Å². The summed E-state index contributed by atoms with van der Waals surface area (Å²) in [5.74, 6) is 0.711. The second-order valence-electron chi connectivity index (χ2n) is 5.20. The SMILES string of the molecule is COc1cc(OC)cc(N2CCC(NC(=O)[C@@H](C)N)C2=O)c1.Cl. The number of nitrogens with two attached hydrogens (primary N) is 1. The average Bonchev–Trinajstić information content (AvgIpc) is 2.87. The number of rotatable bonds is 5. The van der Waals surface area contributed by atoms with Crippen molar-refractivity contribution in [2.75, 3.05) is 25.7 Å². The molecule has 1 aliphatic rings. The van der Waals surface area contributed by atoms with Crippen LogP contribution in [0.25, 0.3) is 0 Å². The van der Waals surface area contributed by atoms with Gasteiger partial charge in [-0.3, -0.25) is 9.59 Å². The summed E-state index contributed by atoms with van der Waals surface area (Å²) in [6.07, 6.45) is 0.539. The van der Waals surface area contributed by atoms with Crippen LogP contribution in [0.2, 0.25) is 0 Å². The van der Waals surface area contributed by atoms with Crippen LogP contribution in [0.5, 0.6) is 11.5 Å². The molecule has 0 radical (unpaired) electrons. The minimum atomic E-state index is -0.640. The van der Waals surface area contributed by atoms with E-state index in [2.05, 4.69) is 5.32 Å². The third-order valence-corrected chi connectivity index (χ3v) is 3.58. The molecule has 3 N–H and O–H groups in total. The molecule has 0 saturated carbocycles. The number of hydrogen-bond acceptors (Lipinski definition) is 5. The van der Waals surface area contributed by atoms with E-state index in [9.17, 15) is 9.59 Å². The first kappa shape index (κ1) is 19.1. The number of methoxy groups -OCH3 is 2. The van der Waals surface area contributed by atoms with E-state index in [1.807, 2.05) is 0 Å². The van der Waals surface area contributed by atoms with Crippen molar-refractivity contribution in [1.29, 1.82) is 0 Å². The Hall–Kier alpha value is -1.99. The lowest BCUT2D eigenvalue weighted by Gasteiger charge is -2.19. The fourth-order valence-corrected chi connectivity index (χ4v) is 2.32. The van der Waals surface area contributed by atoms with Crippen LogP contribution in [0.1, 0.15) is 13.3 Å². The van der Waals surface area contributed by atoms with Crippen molar-refractivity contribution in [1.82, 2.24) is 5.32 Å². The second kappa shape index (κ2) is 8.03. The zero-order valence-corrected chi connectivity index (χ0v) is 14.2. The van der Waals surface area contributed by atoms with E-state index in [0.29, 0.717) is 30.2 Å². The number of ether oxygens (including phenoxy) is 2. The highest BCUT2D eigenvalue weighted by Gasteiger charge is 2.34. The number of halogens is 1. The fourth-order valence-electron chi connectivity index (χ4n) is 2.32. The minimum absolute atomic E-state index is 0. The summed E-state index contributed by atoms with van der Waals surface area (Å²) in [6, 6.07) is 4.07. The predicted octanol–water partition coefficient (Wildman–Crippen LogP) is 0.694. The Balaban J connectivity index is 0.00000264. The molecule has 1 aromatic rings. The highest BCUT2D eigenvalue weighted by Crippen LogP contribution is 2.30. The monoisotopic (exact) mass is 343 g/mol. The van der Waals surface area contributed by atoms with Gasteiger partial charge in [0, 0.05) is 24.7 Å². The van der Waals surface area contributed by atoms with Crippen molar-refractivity contribution < 1.29 is 19.1 Å². The molecule has 0 spiro atoms. The molecular formula is C15H22ClN3O4. The molecule has 2 amide bonds. The molecule has 2 atom stereocenters. The number of amides is 2. The molecule has 0 aliphatic carbocycles. The topological polar surface area (TPSA) is 93.9 Å². The zero-order valence-electron chi connectivity index (χ0n) is 13.4. The quantitative estimate of drug-likeness (QED) is 0.820.